The molecule has 1 aromatic rings. The number of alkyl carbamates (subject to hydrolysis) is 1. The molecule has 6 N–H and O–H groups in total. The summed E-state index contributed by atoms with van der Waals surface area (Å²) in [4.78, 5) is 53.1. The Balaban J connectivity index is 2.04. The van der Waals surface area contributed by atoms with Crippen molar-refractivity contribution in [2.75, 3.05) is 30.7 Å². The van der Waals surface area contributed by atoms with Crippen LogP contribution in [0, 0.1) is 0 Å². The highest BCUT2D eigenvalue weighted by Crippen LogP contribution is 2.40. The molecular weight excluding hydrogens is 605 g/mol. The minimum atomic E-state index is -4.75. The molecule has 4 amide bonds. The summed E-state index contributed by atoms with van der Waals surface area (Å²) in [7, 11) is 0. The molecule has 0 saturated carbocycles. The molecule has 14 nitrogen and oxygen atoms in total. The number of benzene rings is 1. The number of carbonyl (C=O) groups is 4. The number of unbranched alkanes of at least 4 members (excludes halogenated alkanes) is 1. The Morgan fingerprint density at radius 2 is 1.69 bits per heavy atom. The van der Waals surface area contributed by atoms with Crippen molar-refractivity contribution in [2.45, 2.75) is 90.7 Å². The molecule has 2 rings (SSSR count). The number of hydrogen-bond donors (Lipinski definition) is 5. The van der Waals surface area contributed by atoms with E-state index in [1.807, 2.05) is 0 Å². The van der Waals surface area contributed by atoms with Crippen molar-refractivity contribution in [1.82, 2.24) is 15.5 Å². The Morgan fingerprint density at radius 3 is 2.24 bits per heavy atom. The number of hydrogen-bond acceptors (Lipinski definition) is 8. The van der Waals surface area contributed by atoms with Gasteiger partial charge < -0.3 is 40.6 Å². The Hall–Kier alpha value is -4.44. The lowest BCUT2D eigenvalue weighted by molar-refractivity contribution is -0.137. The average molecular weight is 647 g/mol. The van der Waals surface area contributed by atoms with Crippen molar-refractivity contribution in [1.29, 1.82) is 0 Å². The topological polar surface area (TPSA) is 194 Å². The van der Waals surface area contributed by atoms with Crippen LogP contribution in [-0.2, 0) is 20.4 Å². The molecule has 0 aliphatic carbocycles. The third kappa shape index (κ3) is 13.4. The van der Waals surface area contributed by atoms with Crippen LogP contribution in [0.2, 0.25) is 0 Å². The first kappa shape index (κ1) is 36.8. The van der Waals surface area contributed by atoms with E-state index in [-0.39, 0.29) is 62.0 Å². The molecule has 1 saturated heterocycles. The Kier molecular flexibility index (Phi) is 12.3. The van der Waals surface area contributed by atoms with Gasteiger partial charge in [0, 0.05) is 25.9 Å². The summed E-state index contributed by atoms with van der Waals surface area (Å²) in [6, 6.07) is 1.39. The van der Waals surface area contributed by atoms with E-state index in [0.717, 1.165) is 4.90 Å². The third-order valence-corrected chi connectivity index (χ3v) is 5.76. The second-order valence-corrected chi connectivity index (χ2v) is 12.2. The number of carbonyl (C=O) groups excluding carboxylic acids is 3. The molecule has 1 aromatic carbocycles. The number of aliphatic imine (C=N–C) groups is 1. The predicted molar refractivity (Wildman–Crippen MR) is 158 cm³/mol. The minimum absolute atomic E-state index is 0.0157. The highest BCUT2D eigenvalue weighted by atomic mass is 19.4. The lowest BCUT2D eigenvalue weighted by Crippen LogP contribution is -2.44. The van der Waals surface area contributed by atoms with Crippen molar-refractivity contribution >= 4 is 41.5 Å². The van der Waals surface area contributed by atoms with Crippen molar-refractivity contribution in [3.63, 3.8) is 0 Å². The number of nitrogens with zero attached hydrogens (tertiary/aromatic N) is 2. The number of guanidine groups is 1. The summed E-state index contributed by atoms with van der Waals surface area (Å²) in [6.07, 6.45) is -7.70. The third-order valence-electron chi connectivity index (χ3n) is 5.76. The van der Waals surface area contributed by atoms with Gasteiger partial charge in [-0.2, -0.15) is 13.2 Å². The Labute approximate surface area is 258 Å². The molecule has 252 valence electrons. The molecule has 1 heterocycles. The van der Waals surface area contributed by atoms with Gasteiger partial charge in [0.15, 0.2) is 5.75 Å². The fraction of sp³-hybridized carbons (Fsp3) is 0.607. The smallest absolute Gasteiger partial charge is 0.437 e. The summed E-state index contributed by atoms with van der Waals surface area (Å²) >= 11 is 0. The largest absolute Gasteiger partial charge is 0.484 e. The summed E-state index contributed by atoms with van der Waals surface area (Å²) in [5.74, 6) is -1.06. The van der Waals surface area contributed by atoms with Gasteiger partial charge in [-0.1, -0.05) is 0 Å². The number of likely N-dealkylation sites (tertiary alicyclic amines) is 1. The van der Waals surface area contributed by atoms with Gasteiger partial charge in [0.25, 0.3) is 0 Å². The van der Waals surface area contributed by atoms with Gasteiger partial charge in [0.05, 0.1) is 23.5 Å². The van der Waals surface area contributed by atoms with Gasteiger partial charge in [-0.25, -0.2) is 14.4 Å². The van der Waals surface area contributed by atoms with Crippen LogP contribution in [0.3, 0.4) is 0 Å². The van der Waals surface area contributed by atoms with Crippen LogP contribution in [0.15, 0.2) is 17.1 Å². The molecule has 0 aromatic heterocycles. The van der Waals surface area contributed by atoms with Crippen molar-refractivity contribution < 1.29 is 51.7 Å². The van der Waals surface area contributed by atoms with Gasteiger partial charge in [0.2, 0.25) is 11.9 Å². The molecule has 0 bridgehead atoms. The molecule has 1 fully saturated rings. The number of nitrogens with two attached hydrogens (primary N) is 1. The Morgan fingerprint density at radius 1 is 1.04 bits per heavy atom. The molecule has 45 heavy (non-hydrogen) atoms. The SMILES string of the molecule is CC(C)(C)OC(=O)N=C(NCCCCC(=O)Nc1cc(C(F)(F)F)cc(N)c1OC1CCN(C(=O)O)C1)NC(=O)OC(C)(C)C. The zero-order valence-electron chi connectivity index (χ0n) is 26.1. The molecule has 0 radical (unpaired) electrons. The molecule has 1 atom stereocenters. The zero-order valence-corrected chi connectivity index (χ0v) is 26.1. The number of nitrogens with one attached hydrogen (secondary N) is 3. The lowest BCUT2D eigenvalue weighted by Gasteiger charge is -2.21. The van der Waals surface area contributed by atoms with Gasteiger partial charge in [-0.05, 0) is 66.5 Å². The number of anilines is 2. The van der Waals surface area contributed by atoms with Gasteiger partial charge in [-0.3, -0.25) is 10.1 Å². The first-order chi connectivity index (χ1) is 20.6. The fourth-order valence-corrected chi connectivity index (χ4v) is 3.92. The summed E-state index contributed by atoms with van der Waals surface area (Å²) in [6.45, 7) is 10.2. The summed E-state index contributed by atoms with van der Waals surface area (Å²) in [5, 5.41) is 16.7. The van der Waals surface area contributed by atoms with Crippen LogP contribution in [0.25, 0.3) is 0 Å². The van der Waals surface area contributed by atoms with Gasteiger partial charge in [0.1, 0.15) is 17.3 Å². The minimum Gasteiger partial charge on any atom is -0.484 e. The maximum Gasteiger partial charge on any atom is 0.437 e. The van der Waals surface area contributed by atoms with Crippen LogP contribution in [0.5, 0.6) is 5.75 Å². The molecule has 1 unspecified atom stereocenters. The monoisotopic (exact) mass is 646 g/mol. The first-order valence-electron chi connectivity index (χ1n) is 14.1. The van der Waals surface area contributed by atoms with Gasteiger partial charge in [-0.15, -0.1) is 4.99 Å². The summed E-state index contributed by atoms with van der Waals surface area (Å²) < 4.78 is 56.5. The molecular formula is C28H41F3N6O8. The number of nitrogen functional groups attached to an aromatic ring is 1. The van der Waals surface area contributed by atoms with E-state index in [1.54, 1.807) is 41.5 Å². The van der Waals surface area contributed by atoms with Crippen molar-refractivity contribution in [2.24, 2.45) is 4.99 Å². The normalized spacial score (nSPS) is 15.7. The number of carboxylic acid groups (broad SMARTS) is 1. The van der Waals surface area contributed by atoms with Crippen LogP contribution < -0.4 is 26.4 Å². The number of halogens is 3. The second kappa shape index (κ2) is 15.0. The van der Waals surface area contributed by atoms with Crippen LogP contribution in [-0.4, -0.2) is 77.1 Å². The van der Waals surface area contributed by atoms with Crippen LogP contribution in [0.4, 0.5) is 38.9 Å². The van der Waals surface area contributed by atoms with Crippen LogP contribution in [0.1, 0.15) is 72.8 Å². The predicted octanol–water partition coefficient (Wildman–Crippen LogP) is 4.93. The maximum atomic E-state index is 13.5. The average Bonchev–Trinajstić information content (AvgIpc) is 3.31. The standard InChI is InChI=1S/C28H41F3N6O8/c1-26(2,3)44-23(39)35-22(36-24(40)45-27(4,5)6)33-11-8-7-9-20(38)34-19-14-16(28(29,30)31)13-18(32)21(19)43-17-10-12-37(15-17)25(41)42/h13-14,17H,7-12,15,32H2,1-6H3,(H,34,38)(H,41,42)(H2,33,35,36,39,40). The van der Waals surface area contributed by atoms with Gasteiger partial charge >= 0.3 is 24.5 Å². The molecule has 0 spiro atoms. The quantitative estimate of drug-likeness (QED) is 0.112. The van der Waals surface area contributed by atoms with E-state index in [1.165, 1.54) is 0 Å². The van der Waals surface area contributed by atoms with E-state index in [9.17, 15) is 32.3 Å². The molecule has 1 aliphatic rings. The Bertz CT molecular complexity index is 1270. The number of alkyl halides is 3. The van der Waals surface area contributed by atoms with Crippen LogP contribution >= 0.6 is 0 Å². The first-order valence-corrected chi connectivity index (χ1v) is 14.1. The van der Waals surface area contributed by atoms with E-state index in [4.69, 9.17) is 25.1 Å². The molecule has 1 aliphatic heterocycles. The zero-order chi connectivity index (χ0) is 34.2. The van der Waals surface area contributed by atoms with E-state index in [2.05, 4.69) is 20.9 Å². The van der Waals surface area contributed by atoms with E-state index in [0.29, 0.717) is 18.6 Å². The fourth-order valence-electron chi connectivity index (χ4n) is 3.92. The molecule has 17 heteroatoms. The number of rotatable bonds is 8. The maximum absolute atomic E-state index is 13.5. The van der Waals surface area contributed by atoms with E-state index < -0.39 is 53.2 Å². The second-order valence-electron chi connectivity index (χ2n) is 12.2. The highest BCUT2D eigenvalue weighted by molar-refractivity contribution is 5.99. The summed E-state index contributed by atoms with van der Waals surface area (Å²) in [5.41, 5.74) is 2.45. The highest BCUT2D eigenvalue weighted by Gasteiger charge is 2.34. The van der Waals surface area contributed by atoms with Crippen molar-refractivity contribution in [3.05, 3.63) is 17.7 Å². The lowest BCUT2D eigenvalue weighted by atomic mass is 10.1. The number of ether oxygens (including phenoxy) is 3. The number of amides is 4. The van der Waals surface area contributed by atoms with E-state index >= 15 is 0 Å². The van der Waals surface area contributed by atoms with Crippen molar-refractivity contribution in [3.8, 4) is 5.75 Å².